The molecule has 1 N–H and O–H groups in total. The lowest BCUT2D eigenvalue weighted by molar-refractivity contribution is 0.561. The molecule has 4 nitrogen and oxygen atoms in total. The fraction of sp³-hybridized carbons (Fsp3) is 0.167. The highest BCUT2D eigenvalue weighted by molar-refractivity contribution is 7.15. The van der Waals surface area contributed by atoms with Crippen LogP contribution in [0.25, 0.3) is 11.1 Å². The van der Waals surface area contributed by atoms with E-state index in [4.69, 9.17) is 16.0 Å². The van der Waals surface area contributed by atoms with Gasteiger partial charge in [0.2, 0.25) is 0 Å². The Kier molecular flexibility index (Phi) is 2.93. The van der Waals surface area contributed by atoms with Gasteiger partial charge in [0.1, 0.15) is 14.9 Å². The summed E-state index contributed by atoms with van der Waals surface area (Å²) in [5.41, 5.74) is 2.65. The number of hydrogen-bond donors (Lipinski definition) is 1. The molecule has 0 fully saturated rings. The summed E-state index contributed by atoms with van der Waals surface area (Å²) in [4.78, 5) is 8.48. The summed E-state index contributed by atoms with van der Waals surface area (Å²) >= 11 is 7.30. The van der Waals surface area contributed by atoms with Crippen molar-refractivity contribution in [1.29, 1.82) is 0 Å². The first-order chi connectivity index (χ1) is 8.70. The lowest BCUT2D eigenvalue weighted by atomic mass is 10.3. The third-order valence-electron chi connectivity index (χ3n) is 2.46. The molecule has 0 unspecified atom stereocenters. The lowest BCUT2D eigenvalue weighted by Gasteiger charge is -2.03. The maximum Gasteiger partial charge on any atom is 0.192 e. The summed E-state index contributed by atoms with van der Waals surface area (Å²) in [5, 5.41) is 4.24. The van der Waals surface area contributed by atoms with E-state index < -0.39 is 0 Å². The number of anilines is 1. The molecule has 0 spiro atoms. The molecule has 0 amide bonds. The summed E-state index contributed by atoms with van der Waals surface area (Å²) in [7, 11) is 0. The highest BCUT2D eigenvalue weighted by atomic mass is 35.5. The van der Waals surface area contributed by atoms with Crippen LogP contribution in [0.5, 0.6) is 0 Å². The van der Waals surface area contributed by atoms with Gasteiger partial charge in [0.25, 0.3) is 0 Å². The average Bonchev–Trinajstić information content (AvgIpc) is 2.90. The van der Waals surface area contributed by atoms with E-state index >= 15 is 0 Å². The van der Waals surface area contributed by atoms with Crippen molar-refractivity contribution in [1.82, 2.24) is 9.97 Å². The fourth-order valence-corrected chi connectivity index (χ4v) is 2.60. The highest BCUT2D eigenvalue weighted by Gasteiger charge is 2.04. The van der Waals surface area contributed by atoms with Crippen LogP contribution in [0.2, 0.25) is 4.34 Å². The number of aryl methyl sites for hydroxylation is 1. The molecule has 0 aliphatic carbocycles. The predicted molar refractivity (Wildman–Crippen MR) is 73.2 cm³/mol. The summed E-state index contributed by atoms with van der Waals surface area (Å²) in [6, 6.07) is 5.83. The summed E-state index contributed by atoms with van der Waals surface area (Å²) < 4.78 is 6.13. The van der Waals surface area contributed by atoms with Gasteiger partial charge in [-0.1, -0.05) is 11.6 Å². The Morgan fingerprint density at radius 3 is 3.11 bits per heavy atom. The van der Waals surface area contributed by atoms with Crippen LogP contribution in [0.3, 0.4) is 0 Å². The Hall–Kier alpha value is -1.59. The van der Waals surface area contributed by atoms with Crippen LogP contribution in [-0.2, 0) is 6.54 Å². The molecule has 3 rings (SSSR count). The van der Waals surface area contributed by atoms with Crippen molar-refractivity contribution >= 4 is 39.7 Å². The maximum atomic E-state index is 5.83. The van der Waals surface area contributed by atoms with Crippen LogP contribution in [0.1, 0.15) is 10.9 Å². The minimum absolute atomic E-state index is 0.653. The molecular formula is C12H10ClN3OS. The number of aromatic nitrogens is 2. The number of rotatable bonds is 3. The van der Waals surface area contributed by atoms with E-state index in [1.807, 2.05) is 25.1 Å². The number of benzene rings is 1. The van der Waals surface area contributed by atoms with Crippen LogP contribution in [0.4, 0.5) is 5.69 Å². The zero-order chi connectivity index (χ0) is 12.5. The number of halogens is 1. The van der Waals surface area contributed by atoms with Gasteiger partial charge in [-0.2, -0.15) is 0 Å². The van der Waals surface area contributed by atoms with Gasteiger partial charge in [-0.15, -0.1) is 11.3 Å². The second kappa shape index (κ2) is 4.59. The number of nitrogens with one attached hydrogen (secondary N) is 1. The largest absolute Gasteiger partial charge is 0.441 e. The Balaban J connectivity index is 1.78. The smallest absolute Gasteiger partial charge is 0.192 e. The van der Waals surface area contributed by atoms with Gasteiger partial charge in [0, 0.05) is 12.6 Å². The van der Waals surface area contributed by atoms with Crippen LogP contribution < -0.4 is 5.32 Å². The molecule has 0 saturated heterocycles. The van der Waals surface area contributed by atoms with Crippen LogP contribution in [-0.4, -0.2) is 9.97 Å². The Morgan fingerprint density at radius 1 is 1.44 bits per heavy atom. The molecule has 0 bridgehead atoms. The van der Waals surface area contributed by atoms with Gasteiger partial charge in [0.15, 0.2) is 11.5 Å². The molecule has 2 aromatic heterocycles. The first-order valence-electron chi connectivity index (χ1n) is 5.42. The van der Waals surface area contributed by atoms with Gasteiger partial charge < -0.3 is 9.73 Å². The second-order valence-electron chi connectivity index (χ2n) is 3.83. The van der Waals surface area contributed by atoms with Gasteiger partial charge in [0.05, 0.1) is 12.7 Å². The average molecular weight is 280 g/mol. The molecule has 0 atom stereocenters. The number of thiazole rings is 1. The van der Waals surface area contributed by atoms with Crippen molar-refractivity contribution in [2.45, 2.75) is 13.5 Å². The van der Waals surface area contributed by atoms with Gasteiger partial charge in [-0.25, -0.2) is 9.97 Å². The summed E-state index contributed by atoms with van der Waals surface area (Å²) in [6.45, 7) is 2.49. The first kappa shape index (κ1) is 11.5. The Labute approximate surface area is 113 Å². The molecule has 0 radical (unpaired) electrons. The SMILES string of the molecule is Cc1nc2cc(NCc3ncc(Cl)s3)ccc2o1. The Bertz CT molecular complexity index is 692. The van der Waals surface area contributed by atoms with Gasteiger partial charge in [-0.05, 0) is 18.2 Å². The third kappa shape index (κ3) is 2.32. The predicted octanol–water partition coefficient (Wildman–Crippen LogP) is 3.86. The van der Waals surface area contributed by atoms with Crippen molar-refractivity contribution in [3.05, 3.63) is 39.6 Å². The maximum absolute atomic E-state index is 5.83. The Morgan fingerprint density at radius 2 is 2.33 bits per heavy atom. The monoisotopic (exact) mass is 279 g/mol. The van der Waals surface area contributed by atoms with E-state index in [9.17, 15) is 0 Å². The number of hydrogen-bond acceptors (Lipinski definition) is 5. The van der Waals surface area contributed by atoms with E-state index in [0.717, 1.165) is 21.8 Å². The van der Waals surface area contributed by atoms with Crippen molar-refractivity contribution in [2.24, 2.45) is 0 Å². The minimum atomic E-state index is 0.653. The van der Waals surface area contributed by atoms with Crippen molar-refractivity contribution < 1.29 is 4.42 Å². The van der Waals surface area contributed by atoms with E-state index in [2.05, 4.69) is 15.3 Å². The molecule has 1 aromatic carbocycles. The molecule has 18 heavy (non-hydrogen) atoms. The summed E-state index contributed by atoms with van der Waals surface area (Å²) in [5.74, 6) is 0.675. The van der Waals surface area contributed by atoms with Gasteiger partial charge >= 0.3 is 0 Å². The zero-order valence-electron chi connectivity index (χ0n) is 9.61. The zero-order valence-corrected chi connectivity index (χ0v) is 11.2. The normalized spacial score (nSPS) is 11.0. The fourth-order valence-electron chi connectivity index (χ4n) is 1.70. The van der Waals surface area contributed by atoms with Crippen LogP contribution >= 0.6 is 22.9 Å². The number of oxazole rings is 1. The van der Waals surface area contributed by atoms with Gasteiger partial charge in [-0.3, -0.25) is 0 Å². The van der Waals surface area contributed by atoms with Crippen molar-refractivity contribution in [2.75, 3.05) is 5.32 Å². The standard InChI is InChI=1S/C12H10ClN3OS/c1-7-16-9-4-8(2-3-10(9)17-7)14-6-12-15-5-11(13)18-12/h2-5,14H,6H2,1H3. The van der Waals surface area contributed by atoms with E-state index in [1.165, 1.54) is 11.3 Å². The van der Waals surface area contributed by atoms with Crippen molar-refractivity contribution in [3.8, 4) is 0 Å². The highest BCUT2D eigenvalue weighted by Crippen LogP contribution is 2.22. The molecule has 92 valence electrons. The minimum Gasteiger partial charge on any atom is -0.441 e. The van der Waals surface area contributed by atoms with E-state index in [-0.39, 0.29) is 0 Å². The molecule has 3 aromatic rings. The second-order valence-corrected chi connectivity index (χ2v) is 5.57. The molecule has 2 heterocycles. The molecular weight excluding hydrogens is 270 g/mol. The lowest BCUT2D eigenvalue weighted by Crippen LogP contribution is -1.98. The van der Waals surface area contributed by atoms with Crippen LogP contribution in [0.15, 0.2) is 28.8 Å². The number of nitrogens with zero attached hydrogens (tertiary/aromatic N) is 2. The topological polar surface area (TPSA) is 51.0 Å². The quantitative estimate of drug-likeness (QED) is 0.791. The van der Waals surface area contributed by atoms with E-state index in [1.54, 1.807) is 6.20 Å². The van der Waals surface area contributed by atoms with Crippen LogP contribution in [0, 0.1) is 6.92 Å². The third-order valence-corrected chi connectivity index (χ3v) is 3.58. The summed E-state index contributed by atoms with van der Waals surface area (Å²) in [6.07, 6.45) is 1.66. The first-order valence-corrected chi connectivity index (χ1v) is 6.61. The number of fused-ring (bicyclic) bond motifs is 1. The molecule has 0 saturated carbocycles. The molecule has 6 heteroatoms. The molecule has 0 aliphatic heterocycles. The van der Waals surface area contributed by atoms with Crippen molar-refractivity contribution in [3.63, 3.8) is 0 Å². The molecule has 0 aliphatic rings. The van der Waals surface area contributed by atoms with E-state index in [0.29, 0.717) is 16.8 Å².